The summed E-state index contributed by atoms with van der Waals surface area (Å²) in [5.41, 5.74) is -0.296. The zero-order valence-electron chi connectivity index (χ0n) is 16.3. The van der Waals surface area contributed by atoms with Crippen LogP contribution in [0.15, 0.2) is 0 Å². The van der Waals surface area contributed by atoms with Gasteiger partial charge >= 0.3 is 6.03 Å². The van der Waals surface area contributed by atoms with E-state index in [1.165, 1.54) is 4.90 Å². The SMILES string of the molecule is CN1C(=O)N(C(=O)C2CCCCC2)C2CC(S(=O)(=O)NC3(C)CC3)CCC21. The van der Waals surface area contributed by atoms with E-state index in [-0.39, 0.29) is 35.5 Å². The number of amides is 3. The Bertz CT molecular complexity index is 727. The summed E-state index contributed by atoms with van der Waals surface area (Å²) in [5.74, 6) is -0.172. The highest BCUT2D eigenvalue weighted by molar-refractivity contribution is 7.90. The number of sulfonamides is 1. The number of nitrogens with zero attached hydrogens (tertiary/aromatic N) is 2. The monoisotopic (exact) mass is 397 g/mol. The van der Waals surface area contributed by atoms with Crippen LogP contribution in [-0.2, 0) is 14.8 Å². The number of fused-ring (bicyclic) bond motifs is 1. The summed E-state index contributed by atoms with van der Waals surface area (Å²) in [6.45, 7) is 1.93. The molecule has 1 N–H and O–H groups in total. The quantitative estimate of drug-likeness (QED) is 0.788. The molecule has 0 aromatic rings. The van der Waals surface area contributed by atoms with E-state index in [4.69, 9.17) is 0 Å². The van der Waals surface area contributed by atoms with Crippen LogP contribution in [0.3, 0.4) is 0 Å². The molecule has 3 atom stereocenters. The first-order chi connectivity index (χ1) is 12.7. The summed E-state index contributed by atoms with van der Waals surface area (Å²) >= 11 is 0. The molecule has 0 spiro atoms. The first-order valence-corrected chi connectivity index (χ1v) is 11.9. The van der Waals surface area contributed by atoms with E-state index in [2.05, 4.69) is 4.72 Å². The van der Waals surface area contributed by atoms with Crippen molar-refractivity contribution in [3.63, 3.8) is 0 Å². The highest BCUT2D eigenvalue weighted by Gasteiger charge is 2.53. The molecule has 4 rings (SSSR count). The second-order valence-corrected chi connectivity index (χ2v) is 11.2. The van der Waals surface area contributed by atoms with Gasteiger partial charge in [0.2, 0.25) is 15.9 Å². The van der Waals surface area contributed by atoms with E-state index in [1.54, 1.807) is 11.9 Å². The van der Waals surface area contributed by atoms with Crippen molar-refractivity contribution in [3.8, 4) is 0 Å². The van der Waals surface area contributed by atoms with Crippen molar-refractivity contribution in [1.29, 1.82) is 0 Å². The van der Waals surface area contributed by atoms with Crippen LogP contribution in [0.2, 0.25) is 0 Å². The molecule has 27 heavy (non-hydrogen) atoms. The lowest BCUT2D eigenvalue weighted by Gasteiger charge is -2.36. The molecule has 4 fully saturated rings. The summed E-state index contributed by atoms with van der Waals surface area (Å²) in [6.07, 6.45) is 8.15. The van der Waals surface area contributed by atoms with Gasteiger partial charge in [-0.2, -0.15) is 0 Å². The third-order valence-electron chi connectivity index (χ3n) is 7.09. The molecular formula is C19H31N3O4S. The number of imide groups is 1. The van der Waals surface area contributed by atoms with Crippen molar-refractivity contribution in [1.82, 2.24) is 14.5 Å². The van der Waals surface area contributed by atoms with Crippen LogP contribution >= 0.6 is 0 Å². The van der Waals surface area contributed by atoms with E-state index in [0.29, 0.717) is 19.3 Å². The lowest BCUT2D eigenvalue weighted by Crippen LogP contribution is -2.51. The van der Waals surface area contributed by atoms with Gasteiger partial charge < -0.3 is 4.90 Å². The fourth-order valence-electron chi connectivity index (χ4n) is 5.08. The Balaban J connectivity index is 1.53. The lowest BCUT2D eigenvalue weighted by molar-refractivity contribution is -0.134. The summed E-state index contributed by atoms with van der Waals surface area (Å²) in [4.78, 5) is 29.0. The van der Waals surface area contributed by atoms with Gasteiger partial charge in [-0.1, -0.05) is 19.3 Å². The van der Waals surface area contributed by atoms with E-state index in [9.17, 15) is 18.0 Å². The predicted molar refractivity (Wildman–Crippen MR) is 101 cm³/mol. The van der Waals surface area contributed by atoms with Crippen molar-refractivity contribution < 1.29 is 18.0 Å². The smallest absolute Gasteiger partial charge is 0.322 e. The standard InChI is InChI=1S/C19H31N3O4S/c1-19(10-11-19)20-27(25,26)14-8-9-15-16(12-14)22(18(24)21(15)2)17(23)13-6-4-3-5-7-13/h13-16,20H,3-12H2,1-2H3. The molecule has 1 heterocycles. The average molecular weight is 398 g/mol. The molecule has 3 unspecified atom stereocenters. The number of rotatable bonds is 4. The molecular weight excluding hydrogens is 366 g/mol. The molecule has 8 heteroatoms. The van der Waals surface area contributed by atoms with Crippen LogP contribution in [0.1, 0.15) is 71.1 Å². The van der Waals surface area contributed by atoms with Gasteiger partial charge in [0, 0.05) is 18.5 Å². The molecule has 7 nitrogen and oxygen atoms in total. The number of urea groups is 1. The first kappa shape index (κ1) is 19.2. The summed E-state index contributed by atoms with van der Waals surface area (Å²) < 4.78 is 28.6. The minimum atomic E-state index is -3.44. The molecule has 3 aliphatic carbocycles. The predicted octanol–water partition coefficient (Wildman–Crippen LogP) is 2.22. The highest BCUT2D eigenvalue weighted by atomic mass is 32.2. The molecule has 1 aliphatic heterocycles. The number of likely N-dealkylation sites (N-methyl/N-ethyl adjacent to an activating group) is 1. The molecule has 0 bridgehead atoms. The highest BCUT2D eigenvalue weighted by Crippen LogP contribution is 2.40. The van der Waals surface area contributed by atoms with Crippen LogP contribution in [0.5, 0.6) is 0 Å². The zero-order chi connectivity index (χ0) is 19.4. The van der Waals surface area contributed by atoms with E-state index < -0.39 is 15.3 Å². The average Bonchev–Trinajstić information content (AvgIpc) is 3.31. The Morgan fingerprint density at radius 1 is 1.07 bits per heavy atom. The fraction of sp³-hybridized carbons (Fsp3) is 0.895. The lowest BCUT2D eigenvalue weighted by atomic mass is 9.86. The number of hydrogen-bond acceptors (Lipinski definition) is 4. The molecule has 3 saturated carbocycles. The minimum absolute atomic E-state index is 0.0620. The molecule has 0 aromatic heterocycles. The number of carbonyl (C=O) groups excluding carboxylic acids is 2. The van der Waals surface area contributed by atoms with Gasteiger partial charge in [0.1, 0.15) is 0 Å². The molecule has 4 aliphatic rings. The van der Waals surface area contributed by atoms with Crippen LogP contribution in [-0.4, -0.2) is 60.1 Å². The Morgan fingerprint density at radius 3 is 2.37 bits per heavy atom. The second-order valence-electron chi connectivity index (χ2n) is 9.21. The van der Waals surface area contributed by atoms with Gasteiger partial charge in [-0.3, -0.25) is 9.69 Å². The van der Waals surface area contributed by atoms with Gasteiger partial charge in [-0.25, -0.2) is 17.9 Å². The van der Waals surface area contributed by atoms with Gasteiger partial charge in [-0.15, -0.1) is 0 Å². The minimum Gasteiger partial charge on any atom is -0.322 e. The maximum Gasteiger partial charge on any atom is 0.327 e. The Kier molecular flexibility index (Phi) is 4.78. The third kappa shape index (κ3) is 3.50. The van der Waals surface area contributed by atoms with Crippen LogP contribution in [0, 0.1) is 5.92 Å². The molecule has 0 radical (unpaired) electrons. The topological polar surface area (TPSA) is 86.8 Å². The van der Waals surface area contributed by atoms with Crippen molar-refractivity contribution >= 4 is 22.0 Å². The van der Waals surface area contributed by atoms with Crippen LogP contribution in [0.4, 0.5) is 4.79 Å². The maximum atomic E-state index is 13.1. The fourth-order valence-corrected chi connectivity index (χ4v) is 7.03. The van der Waals surface area contributed by atoms with E-state index in [0.717, 1.165) is 44.9 Å². The van der Waals surface area contributed by atoms with Crippen molar-refractivity contribution in [2.75, 3.05) is 7.05 Å². The van der Waals surface area contributed by atoms with Gasteiger partial charge in [0.15, 0.2) is 0 Å². The number of hydrogen-bond donors (Lipinski definition) is 1. The van der Waals surface area contributed by atoms with Crippen molar-refractivity contribution in [3.05, 3.63) is 0 Å². The van der Waals surface area contributed by atoms with Crippen LogP contribution < -0.4 is 4.72 Å². The van der Waals surface area contributed by atoms with Crippen LogP contribution in [0.25, 0.3) is 0 Å². The Morgan fingerprint density at radius 2 is 1.74 bits per heavy atom. The van der Waals surface area contributed by atoms with Crippen molar-refractivity contribution in [2.45, 2.75) is 94.0 Å². The first-order valence-electron chi connectivity index (χ1n) is 10.3. The molecule has 0 aromatic carbocycles. The Labute approximate surface area is 161 Å². The van der Waals surface area contributed by atoms with Gasteiger partial charge in [-0.05, 0) is 51.9 Å². The normalized spacial score (nSPS) is 33.9. The van der Waals surface area contributed by atoms with E-state index in [1.807, 2.05) is 6.92 Å². The number of carbonyl (C=O) groups is 2. The Hall–Kier alpha value is -1.15. The van der Waals surface area contributed by atoms with E-state index >= 15 is 0 Å². The van der Waals surface area contributed by atoms with Crippen molar-refractivity contribution in [2.24, 2.45) is 5.92 Å². The maximum absolute atomic E-state index is 13.1. The third-order valence-corrected chi connectivity index (χ3v) is 9.17. The molecule has 3 amide bonds. The zero-order valence-corrected chi connectivity index (χ0v) is 17.1. The number of nitrogens with one attached hydrogen (secondary N) is 1. The van der Waals surface area contributed by atoms with Gasteiger partial charge in [0.25, 0.3) is 0 Å². The summed E-state index contributed by atoms with van der Waals surface area (Å²) in [5, 5.41) is -0.530. The largest absolute Gasteiger partial charge is 0.327 e. The summed E-state index contributed by atoms with van der Waals surface area (Å²) in [7, 11) is -1.70. The molecule has 1 saturated heterocycles. The molecule has 152 valence electrons. The summed E-state index contributed by atoms with van der Waals surface area (Å²) in [6, 6.07) is -0.631. The van der Waals surface area contributed by atoms with Gasteiger partial charge in [0.05, 0.1) is 17.3 Å². The second kappa shape index (κ2) is 6.72.